The molecule has 0 amide bonds. The van der Waals surface area contributed by atoms with Gasteiger partial charge in [-0.25, -0.2) is 4.98 Å². The van der Waals surface area contributed by atoms with Crippen molar-refractivity contribution < 1.29 is 4.74 Å². The maximum Gasteiger partial charge on any atom is 0.202 e. The first-order chi connectivity index (χ1) is 6.75. The number of hydrogen-bond donors (Lipinski definition) is 1. The van der Waals surface area contributed by atoms with Crippen LogP contribution >= 0.6 is 0 Å². The fraction of sp³-hybridized carbons (Fsp3) is 0.700. The van der Waals surface area contributed by atoms with Crippen LogP contribution in [0.3, 0.4) is 0 Å². The standard InChI is InChI=1S/C10H17N3O/c1-8-7-9(3-6-14-8)12-10-11-4-5-13(10)2/h4-5,8-9H,3,6-7H2,1-2H3,(H,11,12). The summed E-state index contributed by atoms with van der Waals surface area (Å²) in [6, 6.07) is 0.500. The molecule has 1 saturated heterocycles. The molecule has 1 aliphatic rings. The van der Waals surface area contributed by atoms with E-state index in [0.29, 0.717) is 12.1 Å². The molecule has 0 radical (unpaired) electrons. The normalized spacial score (nSPS) is 27.6. The molecule has 1 fully saturated rings. The van der Waals surface area contributed by atoms with Gasteiger partial charge in [0.05, 0.1) is 6.10 Å². The summed E-state index contributed by atoms with van der Waals surface area (Å²) in [7, 11) is 2.00. The van der Waals surface area contributed by atoms with Crippen LogP contribution in [0.4, 0.5) is 5.95 Å². The molecule has 1 aromatic heterocycles. The quantitative estimate of drug-likeness (QED) is 0.775. The molecule has 0 saturated carbocycles. The molecular weight excluding hydrogens is 178 g/mol. The lowest BCUT2D eigenvalue weighted by Crippen LogP contribution is -2.33. The first kappa shape index (κ1) is 9.52. The minimum absolute atomic E-state index is 0.363. The highest BCUT2D eigenvalue weighted by molar-refractivity contribution is 5.27. The van der Waals surface area contributed by atoms with E-state index >= 15 is 0 Å². The lowest BCUT2D eigenvalue weighted by molar-refractivity contribution is 0.0231. The summed E-state index contributed by atoms with van der Waals surface area (Å²) in [5.74, 6) is 0.948. The van der Waals surface area contributed by atoms with Gasteiger partial charge in [0.1, 0.15) is 0 Å². The Balaban J connectivity index is 1.94. The molecule has 2 rings (SSSR count). The molecule has 2 atom stereocenters. The Bertz CT molecular complexity index is 297. The van der Waals surface area contributed by atoms with Crippen LogP contribution in [0.25, 0.3) is 0 Å². The maximum absolute atomic E-state index is 5.49. The molecule has 14 heavy (non-hydrogen) atoms. The zero-order valence-electron chi connectivity index (χ0n) is 8.73. The Hall–Kier alpha value is -1.03. The second kappa shape index (κ2) is 4.00. The van der Waals surface area contributed by atoms with Gasteiger partial charge < -0.3 is 14.6 Å². The number of aromatic nitrogens is 2. The molecule has 1 aromatic rings. The van der Waals surface area contributed by atoms with Crippen LogP contribution in [0.1, 0.15) is 19.8 Å². The Morgan fingerprint density at radius 1 is 1.64 bits per heavy atom. The van der Waals surface area contributed by atoms with Crippen molar-refractivity contribution >= 4 is 5.95 Å². The highest BCUT2D eigenvalue weighted by Gasteiger charge is 2.19. The maximum atomic E-state index is 5.49. The minimum Gasteiger partial charge on any atom is -0.378 e. The van der Waals surface area contributed by atoms with E-state index in [0.717, 1.165) is 25.4 Å². The lowest BCUT2D eigenvalue weighted by Gasteiger charge is -2.28. The first-order valence-electron chi connectivity index (χ1n) is 5.11. The molecule has 0 spiro atoms. The third-order valence-corrected chi connectivity index (χ3v) is 2.64. The van der Waals surface area contributed by atoms with Gasteiger partial charge in [-0.15, -0.1) is 0 Å². The summed E-state index contributed by atoms with van der Waals surface area (Å²) in [5, 5.41) is 3.43. The lowest BCUT2D eigenvalue weighted by atomic mass is 10.0. The Kier molecular flexibility index (Phi) is 2.72. The minimum atomic E-state index is 0.363. The Morgan fingerprint density at radius 2 is 2.50 bits per heavy atom. The van der Waals surface area contributed by atoms with Gasteiger partial charge in [0.2, 0.25) is 5.95 Å². The van der Waals surface area contributed by atoms with E-state index in [9.17, 15) is 0 Å². The molecule has 1 aliphatic heterocycles. The molecule has 1 N–H and O–H groups in total. The fourth-order valence-electron chi connectivity index (χ4n) is 1.82. The number of nitrogens with one attached hydrogen (secondary N) is 1. The van der Waals surface area contributed by atoms with Crippen LogP contribution in [-0.4, -0.2) is 28.3 Å². The molecular formula is C10H17N3O. The molecule has 78 valence electrons. The van der Waals surface area contributed by atoms with Crippen LogP contribution in [0.5, 0.6) is 0 Å². The van der Waals surface area contributed by atoms with Crippen molar-refractivity contribution in [1.82, 2.24) is 9.55 Å². The van der Waals surface area contributed by atoms with E-state index in [1.807, 2.05) is 24.0 Å². The predicted molar refractivity (Wildman–Crippen MR) is 55.3 cm³/mol. The molecule has 0 bridgehead atoms. The van der Waals surface area contributed by atoms with Gasteiger partial charge in [0.15, 0.2) is 0 Å². The van der Waals surface area contributed by atoms with E-state index in [2.05, 4.69) is 17.2 Å². The van der Waals surface area contributed by atoms with E-state index in [-0.39, 0.29) is 0 Å². The van der Waals surface area contributed by atoms with Crippen molar-refractivity contribution in [1.29, 1.82) is 0 Å². The summed E-state index contributed by atoms with van der Waals surface area (Å²) < 4.78 is 7.49. The molecule has 2 unspecified atom stereocenters. The van der Waals surface area contributed by atoms with E-state index < -0.39 is 0 Å². The number of hydrogen-bond acceptors (Lipinski definition) is 3. The monoisotopic (exact) mass is 195 g/mol. The highest BCUT2D eigenvalue weighted by Crippen LogP contribution is 2.16. The van der Waals surface area contributed by atoms with Crippen molar-refractivity contribution in [3.8, 4) is 0 Å². The summed E-state index contributed by atoms with van der Waals surface area (Å²) in [6.45, 7) is 2.97. The number of imidazole rings is 1. The third-order valence-electron chi connectivity index (χ3n) is 2.64. The average Bonchev–Trinajstić information content (AvgIpc) is 2.52. The van der Waals surface area contributed by atoms with Gasteiger partial charge in [0.25, 0.3) is 0 Å². The van der Waals surface area contributed by atoms with Gasteiger partial charge in [-0.1, -0.05) is 0 Å². The van der Waals surface area contributed by atoms with Gasteiger partial charge in [0, 0.05) is 32.1 Å². The van der Waals surface area contributed by atoms with Crippen molar-refractivity contribution in [2.75, 3.05) is 11.9 Å². The smallest absolute Gasteiger partial charge is 0.202 e. The third kappa shape index (κ3) is 2.07. The van der Waals surface area contributed by atoms with E-state index in [1.54, 1.807) is 0 Å². The zero-order chi connectivity index (χ0) is 9.97. The van der Waals surface area contributed by atoms with Crippen molar-refractivity contribution in [3.05, 3.63) is 12.4 Å². The molecule has 0 aliphatic carbocycles. The SMILES string of the molecule is CC1CC(Nc2nccn2C)CCO1. The Morgan fingerprint density at radius 3 is 3.14 bits per heavy atom. The summed E-state index contributed by atoms with van der Waals surface area (Å²) in [6.07, 6.45) is 6.25. The second-order valence-corrected chi connectivity index (χ2v) is 3.91. The largest absolute Gasteiger partial charge is 0.378 e. The van der Waals surface area contributed by atoms with Gasteiger partial charge in [-0.2, -0.15) is 0 Å². The van der Waals surface area contributed by atoms with Crippen LogP contribution in [0.2, 0.25) is 0 Å². The molecule has 0 aromatic carbocycles. The highest BCUT2D eigenvalue weighted by atomic mass is 16.5. The first-order valence-corrected chi connectivity index (χ1v) is 5.11. The molecule has 2 heterocycles. The van der Waals surface area contributed by atoms with Gasteiger partial charge in [-0.05, 0) is 19.8 Å². The molecule has 4 nitrogen and oxygen atoms in total. The predicted octanol–water partition coefficient (Wildman–Crippen LogP) is 1.40. The number of anilines is 1. The number of ether oxygens (including phenoxy) is 1. The van der Waals surface area contributed by atoms with Crippen molar-refractivity contribution in [2.45, 2.75) is 31.9 Å². The molecule has 4 heteroatoms. The van der Waals surface area contributed by atoms with Crippen LogP contribution in [0, 0.1) is 0 Å². The summed E-state index contributed by atoms with van der Waals surface area (Å²) >= 11 is 0. The fourth-order valence-corrected chi connectivity index (χ4v) is 1.82. The van der Waals surface area contributed by atoms with E-state index in [1.165, 1.54) is 0 Å². The van der Waals surface area contributed by atoms with E-state index in [4.69, 9.17) is 4.74 Å². The summed E-state index contributed by atoms with van der Waals surface area (Å²) in [4.78, 5) is 4.25. The summed E-state index contributed by atoms with van der Waals surface area (Å²) in [5.41, 5.74) is 0. The number of rotatable bonds is 2. The van der Waals surface area contributed by atoms with Crippen LogP contribution < -0.4 is 5.32 Å². The van der Waals surface area contributed by atoms with Crippen molar-refractivity contribution in [2.24, 2.45) is 7.05 Å². The zero-order valence-corrected chi connectivity index (χ0v) is 8.73. The van der Waals surface area contributed by atoms with Crippen molar-refractivity contribution in [3.63, 3.8) is 0 Å². The topological polar surface area (TPSA) is 39.1 Å². The van der Waals surface area contributed by atoms with Gasteiger partial charge >= 0.3 is 0 Å². The van der Waals surface area contributed by atoms with Gasteiger partial charge in [-0.3, -0.25) is 0 Å². The van der Waals surface area contributed by atoms with Crippen LogP contribution in [0.15, 0.2) is 12.4 Å². The van der Waals surface area contributed by atoms with Crippen LogP contribution in [-0.2, 0) is 11.8 Å². The number of aryl methyl sites for hydroxylation is 1. The number of nitrogens with zero attached hydrogens (tertiary/aromatic N) is 2. The Labute approximate surface area is 84.3 Å². The second-order valence-electron chi connectivity index (χ2n) is 3.91. The average molecular weight is 195 g/mol.